The lowest BCUT2D eigenvalue weighted by Crippen LogP contribution is -2.58. The van der Waals surface area contributed by atoms with Crippen molar-refractivity contribution in [2.75, 3.05) is 52.6 Å². The number of benzene rings is 2. The SMILES string of the molecule is CC(C)(C(=O)N1C[C@@H]2NC(=O)c3cc(cc(OCC4CC4)c3)OCC(=O)NCc3ccc(cc3)O[C@H]2C1)N1CCOCC1. The summed E-state index contributed by atoms with van der Waals surface area (Å²) in [5.41, 5.74) is 0.518. The first-order valence-corrected chi connectivity index (χ1v) is 15.1. The van der Waals surface area contributed by atoms with Gasteiger partial charge in [0, 0.05) is 37.8 Å². The van der Waals surface area contributed by atoms with E-state index in [0.29, 0.717) is 81.3 Å². The van der Waals surface area contributed by atoms with Crippen LogP contribution in [0, 0.1) is 5.92 Å². The summed E-state index contributed by atoms with van der Waals surface area (Å²) in [5, 5.41) is 5.98. The zero-order chi connectivity index (χ0) is 30.0. The molecule has 11 heteroatoms. The summed E-state index contributed by atoms with van der Waals surface area (Å²) in [5.74, 6) is 1.38. The standard InChI is InChI=1S/C32H40N4O7/c1-32(2,36-9-11-40-12-10-36)31(39)35-17-27-28(18-35)43-24-7-5-21(6-8-24)16-33-29(37)20-42-26-14-23(30(38)34-27)13-25(15-26)41-19-22-3-4-22/h5-8,13-15,22,27-28H,3-4,9-12,16-20H2,1-2H3,(H,33,37)(H,34,38)/t27-,28-/m0/s1. The Bertz CT molecular complexity index is 1340. The number of carbonyl (C=O) groups is 3. The van der Waals surface area contributed by atoms with Crippen LogP contribution in [0.15, 0.2) is 42.5 Å². The van der Waals surface area contributed by atoms with Gasteiger partial charge in [-0.15, -0.1) is 0 Å². The van der Waals surface area contributed by atoms with E-state index < -0.39 is 17.7 Å². The summed E-state index contributed by atoms with van der Waals surface area (Å²) in [4.78, 5) is 44.0. The van der Waals surface area contributed by atoms with Gasteiger partial charge in [0.25, 0.3) is 11.8 Å². The van der Waals surface area contributed by atoms with Gasteiger partial charge in [-0.05, 0) is 62.4 Å². The Kier molecular flexibility index (Phi) is 8.45. The van der Waals surface area contributed by atoms with E-state index in [0.717, 1.165) is 18.4 Å². The Labute approximate surface area is 251 Å². The highest BCUT2D eigenvalue weighted by atomic mass is 16.5. The lowest BCUT2D eigenvalue weighted by atomic mass is 10.00. The molecule has 4 heterocycles. The van der Waals surface area contributed by atoms with Gasteiger partial charge in [-0.3, -0.25) is 19.3 Å². The predicted octanol–water partition coefficient (Wildman–Crippen LogP) is 1.98. The fourth-order valence-electron chi connectivity index (χ4n) is 5.72. The largest absolute Gasteiger partial charge is 0.493 e. The van der Waals surface area contributed by atoms with Crippen molar-refractivity contribution in [3.63, 3.8) is 0 Å². The second kappa shape index (κ2) is 12.4. The van der Waals surface area contributed by atoms with Crippen LogP contribution in [0.4, 0.5) is 0 Å². The second-order valence-electron chi connectivity index (χ2n) is 12.3. The molecule has 230 valence electrons. The second-order valence-corrected chi connectivity index (χ2v) is 12.3. The average molecular weight is 593 g/mol. The van der Waals surface area contributed by atoms with E-state index in [2.05, 4.69) is 15.5 Å². The number of amides is 3. The van der Waals surface area contributed by atoms with Gasteiger partial charge < -0.3 is 34.5 Å². The topological polar surface area (TPSA) is 119 Å². The van der Waals surface area contributed by atoms with Crippen molar-refractivity contribution in [3.8, 4) is 17.2 Å². The van der Waals surface area contributed by atoms with Crippen LogP contribution in [0.5, 0.6) is 17.2 Å². The molecule has 4 bridgehead atoms. The molecule has 0 aromatic heterocycles. The molecule has 5 aliphatic rings. The van der Waals surface area contributed by atoms with Crippen molar-refractivity contribution in [2.45, 2.75) is 50.9 Å². The minimum Gasteiger partial charge on any atom is -0.493 e. The molecular weight excluding hydrogens is 552 g/mol. The number of nitrogens with zero attached hydrogens (tertiary/aromatic N) is 2. The van der Waals surface area contributed by atoms with Crippen molar-refractivity contribution < 1.29 is 33.3 Å². The molecule has 2 atom stereocenters. The van der Waals surface area contributed by atoms with Gasteiger partial charge >= 0.3 is 0 Å². The van der Waals surface area contributed by atoms with Crippen molar-refractivity contribution in [3.05, 3.63) is 53.6 Å². The fraction of sp³-hybridized carbons (Fsp3) is 0.531. The molecule has 0 radical (unpaired) electrons. The van der Waals surface area contributed by atoms with E-state index in [1.807, 2.05) is 38.1 Å². The highest BCUT2D eigenvalue weighted by Gasteiger charge is 2.45. The molecule has 43 heavy (non-hydrogen) atoms. The summed E-state index contributed by atoms with van der Waals surface area (Å²) < 4.78 is 23.7. The number of likely N-dealkylation sites (tertiary alicyclic amines) is 1. The highest BCUT2D eigenvalue weighted by Crippen LogP contribution is 2.31. The highest BCUT2D eigenvalue weighted by molar-refractivity contribution is 5.95. The Morgan fingerprint density at radius 3 is 2.53 bits per heavy atom. The van der Waals surface area contributed by atoms with Gasteiger partial charge in [0.2, 0.25) is 5.91 Å². The summed E-state index contributed by atoms with van der Waals surface area (Å²) in [6.45, 7) is 7.78. The van der Waals surface area contributed by atoms with Crippen LogP contribution < -0.4 is 24.8 Å². The number of rotatable bonds is 5. The minimum atomic E-state index is -0.730. The minimum absolute atomic E-state index is 0.0147. The number of ether oxygens (including phenoxy) is 4. The number of nitrogens with one attached hydrogen (secondary N) is 2. The van der Waals surface area contributed by atoms with E-state index in [4.69, 9.17) is 18.9 Å². The Morgan fingerprint density at radius 2 is 1.79 bits per heavy atom. The van der Waals surface area contributed by atoms with Crippen molar-refractivity contribution in [1.29, 1.82) is 0 Å². The predicted molar refractivity (Wildman–Crippen MR) is 157 cm³/mol. The summed E-state index contributed by atoms with van der Waals surface area (Å²) >= 11 is 0. The molecule has 2 N–H and O–H groups in total. The zero-order valence-electron chi connectivity index (χ0n) is 24.8. The molecule has 2 saturated heterocycles. The molecule has 0 spiro atoms. The van der Waals surface area contributed by atoms with Crippen molar-refractivity contribution in [2.24, 2.45) is 5.92 Å². The molecule has 3 fully saturated rings. The number of carbonyl (C=O) groups excluding carboxylic acids is 3. The first-order valence-electron chi connectivity index (χ1n) is 15.1. The molecule has 0 unspecified atom stereocenters. The maximum atomic E-state index is 13.9. The molecular formula is C32H40N4O7. The third-order valence-corrected chi connectivity index (χ3v) is 8.59. The Morgan fingerprint density at radius 1 is 1.02 bits per heavy atom. The monoisotopic (exact) mass is 592 g/mol. The number of fused-ring (bicyclic) bond motifs is 7. The van der Waals surface area contributed by atoms with E-state index in [1.165, 1.54) is 0 Å². The number of hydrogen-bond donors (Lipinski definition) is 2. The van der Waals surface area contributed by atoms with Gasteiger partial charge in [-0.2, -0.15) is 0 Å². The fourth-order valence-corrected chi connectivity index (χ4v) is 5.72. The molecule has 2 aromatic rings. The normalized spacial score (nSPS) is 23.3. The Hall–Kier alpha value is -3.83. The van der Waals surface area contributed by atoms with E-state index in [9.17, 15) is 14.4 Å². The quantitative estimate of drug-likeness (QED) is 0.541. The van der Waals surface area contributed by atoms with Gasteiger partial charge in [-0.1, -0.05) is 12.1 Å². The van der Waals surface area contributed by atoms with Gasteiger partial charge in [0.05, 0.1) is 37.9 Å². The average Bonchev–Trinajstić information content (AvgIpc) is 3.78. The third kappa shape index (κ3) is 7.05. The molecule has 2 aromatic carbocycles. The van der Waals surface area contributed by atoms with Crippen LogP contribution in [-0.4, -0.2) is 97.8 Å². The lowest BCUT2D eigenvalue weighted by molar-refractivity contribution is -0.144. The maximum absolute atomic E-state index is 13.9. The molecule has 7 rings (SSSR count). The van der Waals surface area contributed by atoms with Crippen LogP contribution in [0.25, 0.3) is 0 Å². The van der Waals surface area contributed by atoms with Gasteiger partial charge in [-0.25, -0.2) is 0 Å². The first kappa shape index (κ1) is 29.3. The molecule has 4 aliphatic heterocycles. The van der Waals surface area contributed by atoms with Gasteiger partial charge in [0.1, 0.15) is 23.4 Å². The summed E-state index contributed by atoms with van der Waals surface area (Å²) in [6.07, 6.45) is 1.79. The van der Waals surface area contributed by atoms with Gasteiger partial charge in [0.15, 0.2) is 6.61 Å². The molecule has 1 saturated carbocycles. The maximum Gasteiger partial charge on any atom is 0.258 e. The molecule has 1 aliphatic carbocycles. The van der Waals surface area contributed by atoms with Crippen LogP contribution in [0.1, 0.15) is 42.6 Å². The number of hydrogen-bond acceptors (Lipinski definition) is 8. The summed E-state index contributed by atoms with van der Waals surface area (Å²) in [7, 11) is 0. The van der Waals surface area contributed by atoms with E-state index >= 15 is 0 Å². The summed E-state index contributed by atoms with van der Waals surface area (Å²) in [6, 6.07) is 12.0. The van der Waals surface area contributed by atoms with Crippen LogP contribution in [-0.2, 0) is 20.9 Å². The van der Waals surface area contributed by atoms with Crippen LogP contribution >= 0.6 is 0 Å². The van der Waals surface area contributed by atoms with E-state index in [-0.39, 0.29) is 24.3 Å². The van der Waals surface area contributed by atoms with Crippen LogP contribution in [0.2, 0.25) is 0 Å². The zero-order valence-corrected chi connectivity index (χ0v) is 24.8. The van der Waals surface area contributed by atoms with E-state index in [1.54, 1.807) is 23.1 Å². The molecule has 3 amide bonds. The Balaban J connectivity index is 1.26. The number of morpholine rings is 1. The smallest absolute Gasteiger partial charge is 0.258 e. The van der Waals surface area contributed by atoms with Crippen molar-refractivity contribution >= 4 is 17.7 Å². The third-order valence-electron chi connectivity index (χ3n) is 8.59. The van der Waals surface area contributed by atoms with Crippen LogP contribution in [0.3, 0.4) is 0 Å². The first-order chi connectivity index (χ1) is 20.7. The van der Waals surface area contributed by atoms with Crippen molar-refractivity contribution in [1.82, 2.24) is 20.4 Å². The molecule has 11 nitrogen and oxygen atoms in total. The lowest BCUT2D eigenvalue weighted by Gasteiger charge is -2.41.